The molecule has 2 aromatic heterocycles. The first kappa shape index (κ1) is 19.9. The Bertz CT molecular complexity index is 950. The Labute approximate surface area is 175 Å². The number of aromatic nitrogens is 3. The van der Waals surface area contributed by atoms with Crippen LogP contribution in [0.4, 0.5) is 0 Å². The molecule has 6 nitrogen and oxygen atoms in total. The molecule has 1 aliphatic heterocycles. The third kappa shape index (κ3) is 4.79. The van der Waals surface area contributed by atoms with Gasteiger partial charge in [0.2, 0.25) is 0 Å². The van der Waals surface area contributed by atoms with Gasteiger partial charge in [-0.25, -0.2) is 9.97 Å². The van der Waals surface area contributed by atoms with Crippen LogP contribution in [0.5, 0.6) is 0 Å². The number of imidazole rings is 1. The van der Waals surface area contributed by atoms with E-state index in [2.05, 4.69) is 50.0 Å². The summed E-state index contributed by atoms with van der Waals surface area (Å²) in [4.78, 5) is 26.3. The van der Waals surface area contributed by atoms with Gasteiger partial charge in [0, 0.05) is 51.2 Å². The molecular weight excluding hydrogens is 382 g/mol. The lowest BCUT2D eigenvalue weighted by molar-refractivity contribution is 0.0644. The molecule has 0 saturated carbocycles. The van der Waals surface area contributed by atoms with Crippen LogP contribution >= 0.6 is 11.8 Å². The van der Waals surface area contributed by atoms with Gasteiger partial charge in [0.15, 0.2) is 5.65 Å². The summed E-state index contributed by atoms with van der Waals surface area (Å²) in [6.45, 7) is 5.34. The zero-order valence-electron chi connectivity index (χ0n) is 16.8. The van der Waals surface area contributed by atoms with E-state index in [1.54, 1.807) is 6.20 Å². The summed E-state index contributed by atoms with van der Waals surface area (Å²) >= 11 is 1.86. The second kappa shape index (κ2) is 9.41. The van der Waals surface area contributed by atoms with Crippen LogP contribution < -0.4 is 0 Å². The molecule has 0 N–H and O–H groups in total. The molecule has 0 bridgehead atoms. The predicted octanol–water partition coefficient (Wildman–Crippen LogP) is 2.79. The van der Waals surface area contributed by atoms with Crippen LogP contribution in [0, 0.1) is 0 Å². The number of amides is 1. The van der Waals surface area contributed by atoms with Gasteiger partial charge < -0.3 is 9.47 Å². The van der Waals surface area contributed by atoms with E-state index >= 15 is 0 Å². The number of rotatable bonds is 7. The average Bonchev–Trinajstić information content (AvgIpc) is 3.19. The highest BCUT2D eigenvalue weighted by Crippen LogP contribution is 2.16. The standard InChI is InChI=1S/C22H27N5OS/c1-29-14-13-25-9-11-26(12-10-25)22(28)19-15-20-21(23-16-19)27(17-24-20)8-7-18-5-3-2-4-6-18/h2-6,15-17H,7-14H2,1H3. The molecule has 4 rings (SSSR count). The Hall–Kier alpha value is -2.38. The molecule has 0 spiro atoms. The van der Waals surface area contributed by atoms with Crippen LogP contribution in [-0.2, 0) is 13.0 Å². The minimum Gasteiger partial charge on any atom is -0.336 e. The van der Waals surface area contributed by atoms with Crippen molar-refractivity contribution in [3.05, 3.63) is 60.0 Å². The molecule has 1 saturated heterocycles. The van der Waals surface area contributed by atoms with Crippen LogP contribution in [0.2, 0.25) is 0 Å². The number of carbonyl (C=O) groups is 1. The molecule has 0 aliphatic carbocycles. The molecule has 1 amide bonds. The molecule has 0 unspecified atom stereocenters. The number of piperazine rings is 1. The first-order valence-electron chi connectivity index (χ1n) is 10.1. The summed E-state index contributed by atoms with van der Waals surface area (Å²) in [5.41, 5.74) is 3.53. The van der Waals surface area contributed by atoms with Crippen molar-refractivity contribution in [1.29, 1.82) is 0 Å². The zero-order chi connectivity index (χ0) is 20.1. The number of carbonyl (C=O) groups excluding carboxylic acids is 1. The molecule has 0 atom stereocenters. The van der Waals surface area contributed by atoms with Crippen molar-refractivity contribution in [2.45, 2.75) is 13.0 Å². The van der Waals surface area contributed by atoms with Crippen molar-refractivity contribution in [2.75, 3.05) is 44.7 Å². The van der Waals surface area contributed by atoms with Crippen molar-refractivity contribution >= 4 is 28.8 Å². The summed E-state index contributed by atoms with van der Waals surface area (Å²) in [7, 11) is 0. The second-order valence-corrected chi connectivity index (χ2v) is 8.35. The fourth-order valence-corrected chi connectivity index (χ4v) is 4.14. The summed E-state index contributed by atoms with van der Waals surface area (Å²) in [6.07, 6.45) is 6.58. The maximum Gasteiger partial charge on any atom is 0.255 e. The molecule has 1 fully saturated rings. The first-order chi connectivity index (χ1) is 14.2. The zero-order valence-corrected chi connectivity index (χ0v) is 17.6. The molecule has 0 radical (unpaired) electrons. The van der Waals surface area contributed by atoms with Crippen molar-refractivity contribution in [3.8, 4) is 0 Å². The minimum absolute atomic E-state index is 0.0581. The molecule has 152 valence electrons. The van der Waals surface area contributed by atoms with Crippen molar-refractivity contribution in [3.63, 3.8) is 0 Å². The third-order valence-electron chi connectivity index (χ3n) is 5.46. The minimum atomic E-state index is 0.0581. The van der Waals surface area contributed by atoms with E-state index in [0.29, 0.717) is 5.56 Å². The number of hydrogen-bond donors (Lipinski definition) is 0. The smallest absolute Gasteiger partial charge is 0.255 e. The Morgan fingerprint density at radius 3 is 2.62 bits per heavy atom. The van der Waals surface area contributed by atoms with Gasteiger partial charge in [0.25, 0.3) is 5.91 Å². The highest BCUT2D eigenvalue weighted by Gasteiger charge is 2.22. The maximum absolute atomic E-state index is 12.9. The number of aryl methyl sites for hydroxylation is 2. The maximum atomic E-state index is 12.9. The third-order valence-corrected chi connectivity index (χ3v) is 6.05. The molecule has 3 aromatic rings. The van der Waals surface area contributed by atoms with E-state index in [1.807, 2.05) is 35.1 Å². The Morgan fingerprint density at radius 2 is 1.86 bits per heavy atom. The Morgan fingerprint density at radius 1 is 1.07 bits per heavy atom. The van der Waals surface area contributed by atoms with Gasteiger partial charge in [0.05, 0.1) is 11.9 Å². The Balaban J connectivity index is 1.40. The van der Waals surface area contributed by atoms with Crippen LogP contribution in [0.15, 0.2) is 48.9 Å². The molecule has 3 heterocycles. The monoisotopic (exact) mass is 409 g/mol. The number of thioether (sulfide) groups is 1. The van der Waals surface area contributed by atoms with Crippen molar-refractivity contribution < 1.29 is 4.79 Å². The van der Waals surface area contributed by atoms with Gasteiger partial charge in [-0.1, -0.05) is 30.3 Å². The summed E-state index contributed by atoms with van der Waals surface area (Å²) in [6, 6.07) is 12.3. The van der Waals surface area contributed by atoms with E-state index < -0.39 is 0 Å². The van der Waals surface area contributed by atoms with E-state index in [9.17, 15) is 4.79 Å². The van der Waals surface area contributed by atoms with Gasteiger partial charge in [-0.05, 0) is 24.3 Å². The van der Waals surface area contributed by atoms with Crippen LogP contribution in [0.25, 0.3) is 11.2 Å². The predicted molar refractivity (Wildman–Crippen MR) is 118 cm³/mol. The lowest BCUT2D eigenvalue weighted by Gasteiger charge is -2.34. The lowest BCUT2D eigenvalue weighted by Crippen LogP contribution is -2.49. The molecule has 7 heteroatoms. The van der Waals surface area contributed by atoms with Crippen LogP contribution in [0.1, 0.15) is 15.9 Å². The van der Waals surface area contributed by atoms with E-state index in [-0.39, 0.29) is 5.91 Å². The first-order valence-corrected chi connectivity index (χ1v) is 11.5. The summed E-state index contributed by atoms with van der Waals surface area (Å²) in [5, 5.41) is 0. The number of hydrogen-bond acceptors (Lipinski definition) is 5. The largest absolute Gasteiger partial charge is 0.336 e. The van der Waals surface area contributed by atoms with Gasteiger partial charge >= 0.3 is 0 Å². The fraction of sp³-hybridized carbons (Fsp3) is 0.409. The normalized spacial score (nSPS) is 15.1. The fourth-order valence-electron chi connectivity index (χ4n) is 3.70. The molecular formula is C22H27N5OS. The van der Waals surface area contributed by atoms with Gasteiger partial charge in [0.1, 0.15) is 5.52 Å². The molecule has 29 heavy (non-hydrogen) atoms. The number of fused-ring (bicyclic) bond motifs is 1. The highest BCUT2D eigenvalue weighted by molar-refractivity contribution is 7.98. The Kier molecular flexibility index (Phi) is 6.46. The van der Waals surface area contributed by atoms with Gasteiger partial charge in [-0.2, -0.15) is 11.8 Å². The number of nitrogens with zero attached hydrogens (tertiary/aromatic N) is 5. The quantitative estimate of drug-likeness (QED) is 0.601. The van der Waals surface area contributed by atoms with Gasteiger partial charge in [-0.15, -0.1) is 0 Å². The lowest BCUT2D eigenvalue weighted by atomic mass is 10.1. The second-order valence-electron chi connectivity index (χ2n) is 7.37. The van der Waals surface area contributed by atoms with Crippen LogP contribution in [-0.4, -0.2) is 75.0 Å². The SMILES string of the molecule is CSCCN1CCN(C(=O)c2cnc3c(c2)ncn3CCc2ccccc2)CC1. The summed E-state index contributed by atoms with van der Waals surface area (Å²) < 4.78 is 2.06. The van der Waals surface area contributed by atoms with E-state index in [4.69, 9.17) is 0 Å². The topological polar surface area (TPSA) is 54.3 Å². The number of benzene rings is 1. The van der Waals surface area contributed by atoms with Gasteiger partial charge in [-0.3, -0.25) is 9.69 Å². The van der Waals surface area contributed by atoms with Crippen molar-refractivity contribution in [2.24, 2.45) is 0 Å². The van der Waals surface area contributed by atoms with E-state index in [0.717, 1.165) is 62.6 Å². The highest BCUT2D eigenvalue weighted by atomic mass is 32.2. The molecule has 1 aromatic carbocycles. The van der Waals surface area contributed by atoms with Crippen molar-refractivity contribution in [1.82, 2.24) is 24.3 Å². The summed E-state index contributed by atoms with van der Waals surface area (Å²) in [5.74, 6) is 1.20. The molecule has 1 aliphatic rings. The van der Waals surface area contributed by atoms with E-state index in [1.165, 1.54) is 5.56 Å². The number of pyridine rings is 1. The average molecular weight is 410 g/mol. The van der Waals surface area contributed by atoms with Crippen LogP contribution in [0.3, 0.4) is 0 Å².